The lowest BCUT2D eigenvalue weighted by atomic mass is 9.98. The van der Waals surface area contributed by atoms with Crippen molar-refractivity contribution >= 4 is 23.5 Å². The molecular formula is C13H15ClFNO3. The Morgan fingerprint density at radius 1 is 1.47 bits per heavy atom. The number of halogens is 2. The van der Waals surface area contributed by atoms with Crippen molar-refractivity contribution in [1.29, 1.82) is 0 Å². The number of aliphatic carboxylic acids is 1. The zero-order chi connectivity index (χ0) is 14.6. The van der Waals surface area contributed by atoms with Gasteiger partial charge in [0.25, 0.3) is 0 Å². The first-order chi connectivity index (χ1) is 8.80. The molecular weight excluding hydrogens is 273 g/mol. The van der Waals surface area contributed by atoms with Gasteiger partial charge in [-0.3, -0.25) is 4.79 Å². The van der Waals surface area contributed by atoms with E-state index in [0.717, 1.165) is 0 Å². The van der Waals surface area contributed by atoms with E-state index in [2.05, 4.69) is 5.32 Å². The van der Waals surface area contributed by atoms with Crippen molar-refractivity contribution in [3.05, 3.63) is 34.6 Å². The third-order valence-electron chi connectivity index (χ3n) is 2.99. The van der Waals surface area contributed by atoms with Gasteiger partial charge in [-0.05, 0) is 25.5 Å². The highest BCUT2D eigenvalue weighted by Crippen LogP contribution is 2.20. The number of carboxylic acids is 1. The van der Waals surface area contributed by atoms with E-state index in [1.807, 2.05) is 0 Å². The van der Waals surface area contributed by atoms with Crippen LogP contribution in [-0.4, -0.2) is 22.5 Å². The van der Waals surface area contributed by atoms with Crippen LogP contribution in [0.1, 0.15) is 25.8 Å². The van der Waals surface area contributed by atoms with E-state index in [1.165, 1.54) is 25.1 Å². The smallest absolute Gasteiger partial charge is 0.329 e. The minimum atomic E-state index is -1.37. The van der Waals surface area contributed by atoms with Gasteiger partial charge in [0.05, 0.1) is 6.42 Å². The number of carboxylic acid groups (broad SMARTS) is 1. The molecule has 1 rings (SSSR count). The van der Waals surface area contributed by atoms with Gasteiger partial charge in [-0.25, -0.2) is 9.18 Å². The van der Waals surface area contributed by atoms with Gasteiger partial charge in [0.15, 0.2) is 0 Å². The van der Waals surface area contributed by atoms with Crippen LogP contribution >= 0.6 is 11.6 Å². The van der Waals surface area contributed by atoms with Gasteiger partial charge in [-0.15, -0.1) is 0 Å². The summed E-state index contributed by atoms with van der Waals surface area (Å²) in [4.78, 5) is 22.9. The molecule has 0 bridgehead atoms. The van der Waals surface area contributed by atoms with E-state index in [4.69, 9.17) is 16.7 Å². The molecule has 0 aromatic heterocycles. The van der Waals surface area contributed by atoms with Crippen LogP contribution in [0, 0.1) is 5.82 Å². The molecule has 0 radical (unpaired) electrons. The fraction of sp³-hybridized carbons (Fsp3) is 0.385. The van der Waals surface area contributed by atoms with Gasteiger partial charge in [0.2, 0.25) is 5.91 Å². The lowest BCUT2D eigenvalue weighted by molar-refractivity contribution is -0.146. The number of carbonyl (C=O) groups excluding carboxylic acids is 1. The van der Waals surface area contributed by atoms with Crippen molar-refractivity contribution in [1.82, 2.24) is 5.32 Å². The predicted octanol–water partition coefficient (Wildman–Crippen LogP) is 2.39. The van der Waals surface area contributed by atoms with Crippen LogP contribution in [0.25, 0.3) is 0 Å². The molecule has 0 aliphatic carbocycles. The summed E-state index contributed by atoms with van der Waals surface area (Å²) in [6, 6.07) is 4.11. The minimum Gasteiger partial charge on any atom is -0.480 e. The Morgan fingerprint density at radius 3 is 2.58 bits per heavy atom. The lowest BCUT2D eigenvalue weighted by Gasteiger charge is -2.24. The van der Waals surface area contributed by atoms with E-state index >= 15 is 0 Å². The quantitative estimate of drug-likeness (QED) is 0.874. The van der Waals surface area contributed by atoms with E-state index in [9.17, 15) is 14.0 Å². The Balaban J connectivity index is 2.84. The van der Waals surface area contributed by atoms with Gasteiger partial charge >= 0.3 is 5.97 Å². The third-order valence-corrected chi connectivity index (χ3v) is 3.35. The van der Waals surface area contributed by atoms with Crippen LogP contribution in [-0.2, 0) is 16.0 Å². The van der Waals surface area contributed by atoms with Crippen LogP contribution in [0.4, 0.5) is 4.39 Å². The first kappa shape index (κ1) is 15.4. The summed E-state index contributed by atoms with van der Waals surface area (Å²) in [7, 11) is 0. The normalized spacial score (nSPS) is 13.7. The number of hydrogen-bond donors (Lipinski definition) is 2. The maximum absolute atomic E-state index is 13.5. The molecule has 6 heteroatoms. The predicted molar refractivity (Wildman–Crippen MR) is 69.6 cm³/mol. The molecule has 1 atom stereocenters. The molecule has 1 amide bonds. The zero-order valence-corrected chi connectivity index (χ0v) is 11.4. The van der Waals surface area contributed by atoms with Crippen LogP contribution in [0.5, 0.6) is 0 Å². The number of nitrogens with one attached hydrogen (secondary N) is 1. The van der Waals surface area contributed by atoms with Crippen LogP contribution < -0.4 is 5.32 Å². The van der Waals surface area contributed by atoms with Crippen LogP contribution in [0.15, 0.2) is 18.2 Å². The number of carbonyl (C=O) groups is 2. The summed E-state index contributed by atoms with van der Waals surface area (Å²) in [6.07, 6.45) is -0.0759. The van der Waals surface area contributed by atoms with Crippen molar-refractivity contribution in [3.63, 3.8) is 0 Å². The number of benzene rings is 1. The average Bonchev–Trinajstić information content (AvgIpc) is 2.33. The second kappa shape index (κ2) is 6.02. The fourth-order valence-electron chi connectivity index (χ4n) is 1.51. The maximum atomic E-state index is 13.5. The molecule has 0 aliphatic rings. The molecule has 0 fully saturated rings. The Bertz CT molecular complexity index is 486. The Hall–Kier alpha value is -1.62. The lowest BCUT2D eigenvalue weighted by Crippen LogP contribution is -2.52. The highest BCUT2D eigenvalue weighted by molar-refractivity contribution is 6.31. The highest BCUT2D eigenvalue weighted by Gasteiger charge is 2.32. The summed E-state index contributed by atoms with van der Waals surface area (Å²) in [6.45, 7) is 3.04. The number of rotatable bonds is 5. The summed E-state index contributed by atoms with van der Waals surface area (Å²) < 4.78 is 13.5. The van der Waals surface area contributed by atoms with Crippen molar-refractivity contribution < 1.29 is 19.1 Å². The highest BCUT2D eigenvalue weighted by atomic mass is 35.5. The average molecular weight is 288 g/mol. The second-order valence-corrected chi connectivity index (χ2v) is 4.82. The van der Waals surface area contributed by atoms with Gasteiger partial charge in [0.1, 0.15) is 11.4 Å². The van der Waals surface area contributed by atoms with Gasteiger partial charge in [-0.2, -0.15) is 0 Å². The number of hydrogen-bond acceptors (Lipinski definition) is 2. The monoisotopic (exact) mass is 287 g/mol. The van der Waals surface area contributed by atoms with Crippen molar-refractivity contribution in [2.75, 3.05) is 0 Å². The first-order valence-corrected chi connectivity index (χ1v) is 6.15. The first-order valence-electron chi connectivity index (χ1n) is 5.77. The van der Waals surface area contributed by atoms with E-state index in [1.54, 1.807) is 6.92 Å². The Morgan fingerprint density at radius 2 is 2.11 bits per heavy atom. The van der Waals surface area contributed by atoms with Gasteiger partial charge in [-0.1, -0.05) is 24.6 Å². The molecule has 0 aliphatic heterocycles. The van der Waals surface area contributed by atoms with E-state index < -0.39 is 23.2 Å². The zero-order valence-electron chi connectivity index (χ0n) is 10.7. The van der Waals surface area contributed by atoms with E-state index in [-0.39, 0.29) is 23.4 Å². The minimum absolute atomic E-state index is 0.0607. The summed E-state index contributed by atoms with van der Waals surface area (Å²) in [5.74, 6) is -2.31. The summed E-state index contributed by atoms with van der Waals surface area (Å²) >= 11 is 5.80. The molecule has 0 spiro atoms. The number of amides is 1. The Labute approximate surface area is 115 Å². The van der Waals surface area contributed by atoms with Crippen molar-refractivity contribution in [3.8, 4) is 0 Å². The third kappa shape index (κ3) is 3.67. The standard InChI is InChI=1S/C13H15ClFNO3/c1-3-13(2,12(18)19)16-11(17)7-8-9(14)5-4-6-10(8)15/h4-6H,3,7H2,1-2H3,(H,16,17)(H,18,19). The molecule has 0 saturated carbocycles. The molecule has 1 unspecified atom stereocenters. The molecule has 4 nitrogen and oxygen atoms in total. The molecule has 19 heavy (non-hydrogen) atoms. The summed E-state index contributed by atoms with van der Waals surface area (Å²) in [5, 5.41) is 11.6. The largest absolute Gasteiger partial charge is 0.480 e. The SMILES string of the molecule is CCC(C)(NC(=O)Cc1c(F)cccc1Cl)C(=O)O. The summed E-state index contributed by atoms with van der Waals surface area (Å²) in [5.41, 5.74) is -1.31. The topological polar surface area (TPSA) is 66.4 Å². The van der Waals surface area contributed by atoms with Gasteiger partial charge < -0.3 is 10.4 Å². The van der Waals surface area contributed by atoms with E-state index in [0.29, 0.717) is 0 Å². The Kier molecular flexibility index (Phi) is 4.89. The molecule has 104 valence electrons. The molecule has 0 heterocycles. The second-order valence-electron chi connectivity index (χ2n) is 4.42. The van der Waals surface area contributed by atoms with Crippen LogP contribution in [0.2, 0.25) is 5.02 Å². The molecule has 2 N–H and O–H groups in total. The van der Waals surface area contributed by atoms with Gasteiger partial charge in [0, 0.05) is 10.6 Å². The molecule has 1 aromatic carbocycles. The molecule has 0 saturated heterocycles. The fourth-order valence-corrected chi connectivity index (χ4v) is 1.74. The maximum Gasteiger partial charge on any atom is 0.329 e. The van der Waals surface area contributed by atoms with Crippen LogP contribution in [0.3, 0.4) is 0 Å². The molecule has 1 aromatic rings. The van der Waals surface area contributed by atoms with Crippen molar-refractivity contribution in [2.24, 2.45) is 0 Å². The van der Waals surface area contributed by atoms with Crippen molar-refractivity contribution in [2.45, 2.75) is 32.2 Å².